The Hall–Kier alpha value is -3.52. The molecular formula is C29H38N2O6. The number of rotatable bonds is 12. The zero-order valence-corrected chi connectivity index (χ0v) is 22.6. The van der Waals surface area contributed by atoms with Crippen LogP contribution < -0.4 is 14.2 Å². The lowest BCUT2D eigenvalue weighted by molar-refractivity contribution is -0.140. The Bertz CT molecular complexity index is 1140. The normalized spacial score (nSPS) is 17.1. The smallest absolute Gasteiger partial charge is 0.295 e. The van der Waals surface area contributed by atoms with E-state index < -0.39 is 17.7 Å². The zero-order chi connectivity index (χ0) is 27.1. The number of aliphatic hydroxyl groups is 1. The Morgan fingerprint density at radius 3 is 2.49 bits per heavy atom. The highest BCUT2D eigenvalue weighted by Crippen LogP contribution is 2.42. The summed E-state index contributed by atoms with van der Waals surface area (Å²) < 4.78 is 17.2. The number of hydrogen-bond donors (Lipinski definition) is 1. The second-order valence-corrected chi connectivity index (χ2v) is 9.79. The molecule has 200 valence electrons. The summed E-state index contributed by atoms with van der Waals surface area (Å²) >= 11 is 0. The van der Waals surface area contributed by atoms with E-state index in [1.165, 1.54) is 4.90 Å². The molecule has 1 amide bonds. The molecule has 1 unspecified atom stereocenters. The van der Waals surface area contributed by atoms with Crippen molar-refractivity contribution in [2.24, 2.45) is 5.92 Å². The van der Waals surface area contributed by atoms with E-state index in [4.69, 9.17) is 14.2 Å². The average molecular weight is 511 g/mol. The van der Waals surface area contributed by atoms with Crippen LogP contribution in [0.3, 0.4) is 0 Å². The molecule has 1 heterocycles. The van der Waals surface area contributed by atoms with Crippen molar-refractivity contribution in [2.45, 2.75) is 33.2 Å². The minimum absolute atomic E-state index is 0.0383. The van der Waals surface area contributed by atoms with Crippen LogP contribution in [0, 0.1) is 5.92 Å². The van der Waals surface area contributed by atoms with E-state index in [2.05, 4.69) is 0 Å². The molecule has 37 heavy (non-hydrogen) atoms. The molecule has 1 fully saturated rings. The molecule has 8 heteroatoms. The Balaban J connectivity index is 2.13. The quantitative estimate of drug-likeness (QED) is 0.255. The molecule has 3 rings (SSSR count). The lowest BCUT2D eigenvalue weighted by Crippen LogP contribution is -2.35. The van der Waals surface area contributed by atoms with E-state index in [1.807, 2.05) is 39.8 Å². The monoisotopic (exact) mass is 510 g/mol. The maximum Gasteiger partial charge on any atom is 0.295 e. The van der Waals surface area contributed by atoms with Crippen molar-refractivity contribution >= 4 is 17.4 Å². The van der Waals surface area contributed by atoms with Crippen molar-refractivity contribution in [3.63, 3.8) is 0 Å². The van der Waals surface area contributed by atoms with Gasteiger partial charge in [-0.2, -0.15) is 0 Å². The van der Waals surface area contributed by atoms with Crippen molar-refractivity contribution in [2.75, 3.05) is 47.5 Å². The molecule has 0 bridgehead atoms. The molecule has 1 saturated heterocycles. The number of ether oxygens (including phenoxy) is 3. The summed E-state index contributed by atoms with van der Waals surface area (Å²) in [7, 11) is 5.36. The molecule has 1 N–H and O–H groups in total. The third-order valence-corrected chi connectivity index (χ3v) is 5.98. The summed E-state index contributed by atoms with van der Waals surface area (Å²) in [6.07, 6.45) is 0.809. The molecule has 2 aromatic carbocycles. The summed E-state index contributed by atoms with van der Waals surface area (Å²) in [6.45, 7) is 7.98. The van der Waals surface area contributed by atoms with Crippen molar-refractivity contribution in [3.05, 3.63) is 59.2 Å². The fourth-order valence-electron chi connectivity index (χ4n) is 4.10. The van der Waals surface area contributed by atoms with Gasteiger partial charge in [0.2, 0.25) is 0 Å². The predicted octanol–water partition coefficient (Wildman–Crippen LogP) is 4.50. The number of Topliss-reactive ketones (excluding diaryl/α,β-unsaturated/α-hetero) is 1. The third kappa shape index (κ3) is 6.63. The molecule has 0 aromatic heterocycles. The molecule has 0 radical (unpaired) electrons. The number of methoxy groups -OCH3 is 1. The van der Waals surface area contributed by atoms with Gasteiger partial charge >= 0.3 is 0 Å². The van der Waals surface area contributed by atoms with E-state index in [1.54, 1.807) is 49.6 Å². The number of nitrogens with zero attached hydrogens (tertiary/aromatic N) is 2. The topological polar surface area (TPSA) is 88.5 Å². The molecule has 0 aliphatic carbocycles. The van der Waals surface area contributed by atoms with Gasteiger partial charge in [-0.25, -0.2) is 0 Å². The first-order chi connectivity index (χ1) is 17.7. The summed E-state index contributed by atoms with van der Waals surface area (Å²) in [5.74, 6) is 0.377. The van der Waals surface area contributed by atoms with E-state index >= 15 is 0 Å². The van der Waals surface area contributed by atoms with Crippen molar-refractivity contribution in [1.29, 1.82) is 0 Å². The van der Waals surface area contributed by atoms with Crippen LogP contribution >= 0.6 is 0 Å². The van der Waals surface area contributed by atoms with Crippen LogP contribution in [-0.4, -0.2) is 74.1 Å². The number of hydrogen-bond acceptors (Lipinski definition) is 7. The van der Waals surface area contributed by atoms with Gasteiger partial charge in [-0.3, -0.25) is 9.59 Å². The first-order valence-electron chi connectivity index (χ1n) is 12.6. The van der Waals surface area contributed by atoms with Gasteiger partial charge in [0, 0.05) is 18.7 Å². The number of aliphatic hydroxyl groups excluding tert-OH is 1. The molecule has 1 aliphatic heterocycles. The second kappa shape index (κ2) is 12.6. The zero-order valence-electron chi connectivity index (χ0n) is 22.6. The van der Waals surface area contributed by atoms with Crippen LogP contribution in [-0.2, 0) is 9.59 Å². The van der Waals surface area contributed by atoms with Gasteiger partial charge in [-0.05, 0) is 56.3 Å². The molecular weight excluding hydrogens is 472 g/mol. The van der Waals surface area contributed by atoms with Crippen LogP contribution in [0.15, 0.2) is 48.0 Å². The number of likely N-dealkylation sites (N-methyl/N-ethyl adjacent to an activating group) is 1. The Morgan fingerprint density at radius 2 is 1.84 bits per heavy atom. The minimum atomic E-state index is -0.782. The Labute approximate surface area is 219 Å². The molecule has 0 spiro atoms. The summed E-state index contributed by atoms with van der Waals surface area (Å²) in [5.41, 5.74) is 1.10. The number of ketones is 1. The maximum absolute atomic E-state index is 13.3. The van der Waals surface area contributed by atoms with E-state index in [-0.39, 0.29) is 11.3 Å². The lowest BCUT2D eigenvalue weighted by atomic mass is 9.95. The Morgan fingerprint density at radius 1 is 1.08 bits per heavy atom. The lowest BCUT2D eigenvalue weighted by Gasteiger charge is -2.27. The van der Waals surface area contributed by atoms with Crippen LogP contribution in [0.4, 0.5) is 0 Å². The first-order valence-corrected chi connectivity index (χ1v) is 12.6. The highest BCUT2D eigenvalue weighted by molar-refractivity contribution is 6.46. The highest BCUT2D eigenvalue weighted by atomic mass is 16.5. The van der Waals surface area contributed by atoms with Gasteiger partial charge in [-0.1, -0.05) is 39.0 Å². The largest absolute Gasteiger partial charge is 0.507 e. The number of carbonyl (C=O) groups excluding carboxylic acids is 2. The van der Waals surface area contributed by atoms with Crippen LogP contribution in [0.25, 0.3) is 5.76 Å². The van der Waals surface area contributed by atoms with Gasteiger partial charge in [0.15, 0.2) is 11.5 Å². The third-order valence-electron chi connectivity index (χ3n) is 5.98. The van der Waals surface area contributed by atoms with Crippen molar-refractivity contribution in [1.82, 2.24) is 9.80 Å². The number of carbonyl (C=O) groups is 2. The molecule has 0 saturated carbocycles. The minimum Gasteiger partial charge on any atom is -0.507 e. The van der Waals surface area contributed by atoms with Crippen LogP contribution in [0.1, 0.15) is 44.4 Å². The van der Waals surface area contributed by atoms with Gasteiger partial charge < -0.3 is 29.1 Å². The van der Waals surface area contributed by atoms with Crippen molar-refractivity contribution in [3.8, 4) is 17.2 Å². The maximum atomic E-state index is 13.3. The Kier molecular flexibility index (Phi) is 9.58. The molecule has 1 atom stereocenters. The number of likely N-dealkylation sites (tertiary alicyclic amines) is 1. The summed E-state index contributed by atoms with van der Waals surface area (Å²) in [5, 5.41) is 11.4. The summed E-state index contributed by atoms with van der Waals surface area (Å²) in [4.78, 5) is 30.0. The fraction of sp³-hybridized carbons (Fsp3) is 0.448. The highest BCUT2D eigenvalue weighted by Gasteiger charge is 2.46. The van der Waals surface area contributed by atoms with E-state index in [9.17, 15) is 14.7 Å². The van der Waals surface area contributed by atoms with Crippen LogP contribution in [0.2, 0.25) is 0 Å². The average Bonchev–Trinajstić information content (AvgIpc) is 3.13. The fourth-order valence-corrected chi connectivity index (χ4v) is 4.10. The predicted molar refractivity (Wildman–Crippen MR) is 143 cm³/mol. The second-order valence-electron chi connectivity index (χ2n) is 9.79. The summed E-state index contributed by atoms with van der Waals surface area (Å²) in [6, 6.07) is 11.5. The SMILES string of the molecule is CCCOc1cc(C2/C(=C(/O)c3cccc(OCC(C)C)c3)C(=O)C(=O)N2CCN(C)C)ccc1OC. The number of benzene rings is 2. The molecule has 8 nitrogen and oxygen atoms in total. The molecule has 1 aliphatic rings. The van der Waals surface area contributed by atoms with Gasteiger partial charge in [0.05, 0.1) is 31.9 Å². The first kappa shape index (κ1) is 28.1. The van der Waals surface area contributed by atoms with Gasteiger partial charge in [0.1, 0.15) is 11.5 Å². The van der Waals surface area contributed by atoms with E-state index in [0.717, 1.165) is 6.42 Å². The van der Waals surface area contributed by atoms with Crippen LogP contribution in [0.5, 0.6) is 17.2 Å². The van der Waals surface area contributed by atoms with E-state index in [0.29, 0.717) is 60.6 Å². The standard InChI is InChI=1S/C29H38N2O6/c1-7-15-36-24-17-20(11-12-23(24)35-6)26-25(28(33)29(34)31(26)14-13-30(4)5)27(32)21-9-8-10-22(16-21)37-18-19(2)3/h8-12,16-17,19,26,32H,7,13-15,18H2,1-6H3/b27-25-. The van der Waals surface area contributed by atoms with Gasteiger partial charge in [0.25, 0.3) is 11.7 Å². The van der Waals surface area contributed by atoms with Crippen molar-refractivity contribution < 1.29 is 28.9 Å². The van der Waals surface area contributed by atoms with Gasteiger partial charge in [-0.15, -0.1) is 0 Å². The molecule has 2 aromatic rings. The number of amides is 1.